The molecular weight excluding hydrogens is 501 g/mol. The van der Waals surface area contributed by atoms with Gasteiger partial charge in [0.1, 0.15) is 27.8 Å². The molecule has 0 aliphatic carbocycles. The Morgan fingerprint density at radius 3 is 2.64 bits per heavy atom. The highest BCUT2D eigenvalue weighted by atomic mass is 35.5. The molecule has 3 N–H and O–H groups in total. The van der Waals surface area contributed by atoms with E-state index in [2.05, 4.69) is 9.97 Å². The van der Waals surface area contributed by atoms with Crippen LogP contribution in [0.15, 0.2) is 41.4 Å². The van der Waals surface area contributed by atoms with E-state index in [4.69, 9.17) is 28.9 Å². The third-order valence-corrected chi connectivity index (χ3v) is 6.82. The SMILES string of the molecule is CN1CN(c2c(F)ccc(NS(=O)(=O)c3cc(Cl)ccc3Cl)c2F)C(=O)c2cnc(N)nc21. The summed E-state index contributed by atoms with van der Waals surface area (Å²) in [6.45, 7) is -0.285. The van der Waals surface area contributed by atoms with E-state index in [0.717, 1.165) is 29.3 Å². The second-order valence-electron chi connectivity index (χ2n) is 6.98. The number of nitrogens with two attached hydrogens (primary N) is 1. The van der Waals surface area contributed by atoms with Crippen LogP contribution in [0.4, 0.5) is 31.9 Å². The molecule has 14 heteroatoms. The Morgan fingerprint density at radius 1 is 1.18 bits per heavy atom. The van der Waals surface area contributed by atoms with Gasteiger partial charge in [-0.05, 0) is 30.3 Å². The largest absolute Gasteiger partial charge is 0.368 e. The number of halogens is 4. The molecule has 4 rings (SSSR count). The third-order valence-electron chi connectivity index (χ3n) is 4.74. The molecule has 0 radical (unpaired) electrons. The van der Waals surface area contributed by atoms with Crippen molar-refractivity contribution < 1.29 is 22.0 Å². The number of fused-ring (bicyclic) bond motifs is 1. The van der Waals surface area contributed by atoms with Crippen molar-refractivity contribution >= 4 is 62.3 Å². The molecule has 9 nitrogen and oxygen atoms in total. The van der Waals surface area contributed by atoms with Crippen LogP contribution >= 0.6 is 23.2 Å². The van der Waals surface area contributed by atoms with Gasteiger partial charge >= 0.3 is 0 Å². The van der Waals surface area contributed by atoms with Crippen LogP contribution in [0, 0.1) is 11.6 Å². The average molecular weight is 515 g/mol. The van der Waals surface area contributed by atoms with E-state index < -0.39 is 43.8 Å². The zero-order valence-electron chi connectivity index (χ0n) is 16.7. The van der Waals surface area contributed by atoms with E-state index in [1.807, 2.05) is 4.72 Å². The summed E-state index contributed by atoms with van der Waals surface area (Å²) in [5.74, 6) is -3.07. The highest BCUT2D eigenvalue weighted by Crippen LogP contribution is 2.35. The summed E-state index contributed by atoms with van der Waals surface area (Å²) >= 11 is 11.8. The molecule has 0 saturated heterocycles. The van der Waals surface area contributed by atoms with Crippen LogP contribution in [0.1, 0.15) is 10.4 Å². The van der Waals surface area contributed by atoms with Crippen molar-refractivity contribution in [3.05, 3.63) is 63.8 Å². The molecule has 0 unspecified atom stereocenters. The van der Waals surface area contributed by atoms with Gasteiger partial charge in [-0.3, -0.25) is 14.4 Å². The topological polar surface area (TPSA) is 122 Å². The number of carbonyl (C=O) groups excluding carboxylic acids is 1. The molecule has 1 aliphatic rings. The van der Waals surface area contributed by atoms with Gasteiger partial charge in [0.25, 0.3) is 15.9 Å². The van der Waals surface area contributed by atoms with Crippen molar-refractivity contribution in [2.75, 3.05) is 34.0 Å². The molecule has 1 aliphatic heterocycles. The van der Waals surface area contributed by atoms with Gasteiger partial charge in [0.05, 0.1) is 17.4 Å². The Hall–Kier alpha value is -3.22. The van der Waals surface area contributed by atoms with E-state index in [-0.39, 0.29) is 34.0 Å². The fraction of sp³-hybridized carbons (Fsp3) is 0.105. The number of benzene rings is 2. The minimum atomic E-state index is -4.40. The van der Waals surface area contributed by atoms with E-state index >= 15 is 4.39 Å². The molecule has 2 heterocycles. The van der Waals surface area contributed by atoms with Crippen molar-refractivity contribution in [2.24, 2.45) is 0 Å². The van der Waals surface area contributed by atoms with Gasteiger partial charge in [-0.1, -0.05) is 23.2 Å². The number of nitrogen functional groups attached to an aromatic ring is 1. The summed E-state index contributed by atoms with van der Waals surface area (Å²) in [6.07, 6.45) is 1.15. The number of hydrogen-bond acceptors (Lipinski definition) is 7. The average Bonchev–Trinajstić information content (AvgIpc) is 2.75. The number of nitrogens with zero attached hydrogens (tertiary/aromatic N) is 4. The minimum Gasteiger partial charge on any atom is -0.368 e. The van der Waals surface area contributed by atoms with Gasteiger partial charge in [0.15, 0.2) is 5.82 Å². The lowest BCUT2D eigenvalue weighted by atomic mass is 10.1. The predicted octanol–water partition coefficient (Wildman–Crippen LogP) is 3.50. The highest BCUT2D eigenvalue weighted by molar-refractivity contribution is 7.92. The van der Waals surface area contributed by atoms with Crippen molar-refractivity contribution in [1.82, 2.24) is 9.97 Å². The maximum atomic E-state index is 15.4. The number of hydrogen-bond donors (Lipinski definition) is 2. The number of amides is 1. The number of anilines is 4. The van der Waals surface area contributed by atoms with Crippen molar-refractivity contribution in [3.63, 3.8) is 0 Å². The van der Waals surface area contributed by atoms with Crippen LogP contribution < -0.4 is 20.3 Å². The van der Waals surface area contributed by atoms with Crippen molar-refractivity contribution in [2.45, 2.75) is 4.90 Å². The number of rotatable bonds is 4. The van der Waals surface area contributed by atoms with Gasteiger partial charge in [-0.2, -0.15) is 4.98 Å². The summed E-state index contributed by atoms with van der Waals surface area (Å²) in [7, 11) is -2.87. The second-order valence-corrected chi connectivity index (χ2v) is 9.47. The maximum absolute atomic E-state index is 15.4. The molecule has 0 fully saturated rings. The predicted molar refractivity (Wildman–Crippen MR) is 120 cm³/mol. The first-order chi connectivity index (χ1) is 15.5. The standard InChI is InChI=1S/C19H14Cl2F2N6O3S/c1-28-8-29(18(30)10-7-25-19(24)26-17(10)28)16-12(22)4-5-13(15(16)23)27-33(31,32)14-6-9(20)2-3-11(14)21/h2-7,27H,8H2,1H3,(H2,24,25,26). The van der Waals surface area contributed by atoms with Gasteiger partial charge < -0.3 is 10.6 Å². The van der Waals surface area contributed by atoms with Crippen LogP contribution in [0.2, 0.25) is 10.0 Å². The van der Waals surface area contributed by atoms with Gasteiger partial charge in [-0.25, -0.2) is 22.2 Å². The lowest BCUT2D eigenvalue weighted by molar-refractivity contribution is 0.0980. The molecule has 0 saturated carbocycles. The number of sulfonamides is 1. The first kappa shape index (κ1) is 23.0. The molecular formula is C19H14Cl2F2N6O3S. The number of nitrogens with one attached hydrogen (secondary N) is 1. The molecule has 0 spiro atoms. The summed E-state index contributed by atoms with van der Waals surface area (Å²) in [5.41, 5.74) is 4.16. The van der Waals surface area contributed by atoms with Crippen LogP contribution in [0.3, 0.4) is 0 Å². The fourth-order valence-corrected chi connectivity index (χ4v) is 5.06. The Morgan fingerprint density at radius 2 is 1.91 bits per heavy atom. The van der Waals surface area contributed by atoms with E-state index in [1.54, 1.807) is 0 Å². The Bertz CT molecular complexity index is 1410. The quantitative estimate of drug-likeness (QED) is 0.546. The van der Waals surface area contributed by atoms with Gasteiger partial charge in [0, 0.05) is 18.3 Å². The summed E-state index contributed by atoms with van der Waals surface area (Å²) < 4.78 is 57.7. The minimum absolute atomic E-state index is 0.0338. The maximum Gasteiger partial charge on any atom is 0.265 e. The molecule has 0 atom stereocenters. The monoisotopic (exact) mass is 514 g/mol. The smallest absolute Gasteiger partial charge is 0.265 e. The highest BCUT2D eigenvalue weighted by Gasteiger charge is 2.34. The van der Waals surface area contributed by atoms with Gasteiger partial charge in [-0.15, -0.1) is 0 Å². The lowest BCUT2D eigenvalue weighted by Gasteiger charge is -2.35. The molecule has 2 aromatic carbocycles. The van der Waals surface area contributed by atoms with E-state index in [1.165, 1.54) is 24.1 Å². The Labute approximate surface area is 196 Å². The first-order valence-corrected chi connectivity index (χ1v) is 11.3. The van der Waals surface area contributed by atoms with Crippen LogP contribution in [-0.2, 0) is 10.0 Å². The number of carbonyl (C=O) groups is 1. The molecule has 1 amide bonds. The second kappa shape index (κ2) is 8.28. The van der Waals surface area contributed by atoms with E-state index in [0.29, 0.717) is 0 Å². The first-order valence-electron chi connectivity index (χ1n) is 9.11. The zero-order valence-corrected chi connectivity index (χ0v) is 19.0. The summed E-state index contributed by atoms with van der Waals surface area (Å²) in [4.78, 5) is 22.5. The molecule has 0 bridgehead atoms. The van der Waals surface area contributed by atoms with Crippen LogP contribution in [-0.4, -0.2) is 38.0 Å². The van der Waals surface area contributed by atoms with Crippen molar-refractivity contribution in [1.29, 1.82) is 0 Å². The van der Waals surface area contributed by atoms with Crippen LogP contribution in [0.25, 0.3) is 0 Å². The Balaban J connectivity index is 1.76. The molecule has 1 aromatic heterocycles. The normalized spacial score (nSPS) is 13.8. The van der Waals surface area contributed by atoms with Crippen molar-refractivity contribution in [3.8, 4) is 0 Å². The number of aromatic nitrogens is 2. The molecule has 3 aromatic rings. The third kappa shape index (κ3) is 4.12. The summed E-state index contributed by atoms with van der Waals surface area (Å²) in [6, 6.07) is 5.45. The summed E-state index contributed by atoms with van der Waals surface area (Å²) in [5, 5.41) is -0.0677. The zero-order chi connectivity index (χ0) is 24.1. The molecule has 172 valence electrons. The molecule has 33 heavy (non-hydrogen) atoms. The lowest BCUT2D eigenvalue weighted by Crippen LogP contribution is -2.46. The van der Waals surface area contributed by atoms with Gasteiger partial charge in [0.2, 0.25) is 5.95 Å². The van der Waals surface area contributed by atoms with E-state index in [9.17, 15) is 17.6 Å². The Kier molecular flexibility index (Phi) is 5.76. The van der Waals surface area contributed by atoms with Crippen LogP contribution in [0.5, 0.6) is 0 Å². The fourth-order valence-electron chi connectivity index (χ4n) is 3.24.